The molecule has 0 amide bonds. The highest BCUT2D eigenvalue weighted by molar-refractivity contribution is 7.92. The molecule has 0 aliphatic heterocycles. The molecule has 0 unspecified atom stereocenters. The molecule has 1 heterocycles. The number of rotatable bonds is 6. The smallest absolute Gasteiger partial charge is 0.262 e. The summed E-state index contributed by atoms with van der Waals surface area (Å²) in [6.45, 7) is 1.71. The number of ether oxygens (including phenoxy) is 2. The highest BCUT2D eigenvalue weighted by atomic mass is 32.2. The molecule has 7 nitrogen and oxygen atoms in total. The van der Waals surface area contributed by atoms with Gasteiger partial charge in [-0.3, -0.25) is 9.29 Å². The van der Waals surface area contributed by atoms with E-state index in [-0.39, 0.29) is 4.90 Å². The first-order chi connectivity index (χ1) is 14.4. The molecule has 1 aromatic heterocycles. The van der Waals surface area contributed by atoms with Crippen LogP contribution in [0.3, 0.4) is 0 Å². The fourth-order valence-corrected chi connectivity index (χ4v) is 4.62. The van der Waals surface area contributed by atoms with Gasteiger partial charge in [-0.15, -0.1) is 0 Å². The molecule has 4 rings (SSSR count). The van der Waals surface area contributed by atoms with Gasteiger partial charge in [-0.25, -0.2) is 13.4 Å². The first-order valence-electron chi connectivity index (χ1n) is 9.21. The normalized spacial score (nSPS) is 11.4. The summed E-state index contributed by atoms with van der Waals surface area (Å²) in [5, 5.41) is 0. The maximum absolute atomic E-state index is 13.0. The van der Waals surface area contributed by atoms with E-state index >= 15 is 0 Å². The summed E-state index contributed by atoms with van der Waals surface area (Å²) < 4.78 is 41.0. The predicted octanol–water partition coefficient (Wildman–Crippen LogP) is 4.15. The summed E-state index contributed by atoms with van der Waals surface area (Å²) >= 11 is 0. The van der Waals surface area contributed by atoms with E-state index in [9.17, 15) is 8.42 Å². The van der Waals surface area contributed by atoms with Crippen molar-refractivity contribution in [1.82, 2.24) is 9.55 Å². The molecule has 4 aromatic rings. The lowest BCUT2D eigenvalue weighted by atomic mass is 10.2. The number of nitrogens with one attached hydrogen (secondary N) is 1. The molecule has 0 aliphatic rings. The van der Waals surface area contributed by atoms with Gasteiger partial charge in [0.05, 0.1) is 30.1 Å². The number of hydrogen-bond donors (Lipinski definition) is 1. The van der Waals surface area contributed by atoms with E-state index in [2.05, 4.69) is 9.71 Å². The van der Waals surface area contributed by atoms with Crippen molar-refractivity contribution in [3.05, 3.63) is 72.6 Å². The quantitative estimate of drug-likeness (QED) is 0.504. The van der Waals surface area contributed by atoms with E-state index in [0.29, 0.717) is 22.7 Å². The Morgan fingerprint density at radius 1 is 0.933 bits per heavy atom. The van der Waals surface area contributed by atoms with Gasteiger partial charge in [0.2, 0.25) is 0 Å². The minimum absolute atomic E-state index is 0.129. The minimum Gasteiger partial charge on any atom is -0.493 e. The lowest BCUT2D eigenvalue weighted by Gasteiger charge is -2.14. The lowest BCUT2D eigenvalue weighted by Crippen LogP contribution is -2.14. The highest BCUT2D eigenvalue weighted by Gasteiger charge is 2.20. The molecule has 0 saturated heterocycles. The minimum atomic E-state index is -3.81. The number of imidazole rings is 1. The van der Waals surface area contributed by atoms with Crippen molar-refractivity contribution in [2.45, 2.75) is 11.8 Å². The van der Waals surface area contributed by atoms with E-state index in [0.717, 1.165) is 16.7 Å². The Morgan fingerprint density at radius 3 is 2.30 bits per heavy atom. The third-order valence-corrected chi connectivity index (χ3v) is 6.35. The number of nitrogens with zero attached hydrogens (tertiary/aromatic N) is 2. The summed E-state index contributed by atoms with van der Waals surface area (Å²) in [5.41, 5.74) is 3.77. The third-order valence-electron chi connectivity index (χ3n) is 4.82. The number of aromatic nitrogens is 2. The van der Waals surface area contributed by atoms with Crippen LogP contribution < -0.4 is 14.2 Å². The zero-order valence-corrected chi connectivity index (χ0v) is 17.6. The number of hydrogen-bond acceptors (Lipinski definition) is 5. The van der Waals surface area contributed by atoms with Crippen LogP contribution in [-0.4, -0.2) is 32.2 Å². The SMILES string of the molecule is COc1cc(C)c(S(=O)(=O)Nc2ccc(-n3cnc4ccccc43)cc2)cc1OC. The summed E-state index contributed by atoms with van der Waals surface area (Å²) in [7, 11) is -0.831. The van der Waals surface area contributed by atoms with E-state index in [1.165, 1.54) is 20.3 Å². The van der Waals surface area contributed by atoms with Crippen molar-refractivity contribution in [2.75, 3.05) is 18.9 Å². The topological polar surface area (TPSA) is 82.5 Å². The van der Waals surface area contributed by atoms with Crippen molar-refractivity contribution in [3.8, 4) is 17.2 Å². The second-order valence-electron chi connectivity index (χ2n) is 6.73. The monoisotopic (exact) mass is 423 g/mol. The second-order valence-corrected chi connectivity index (χ2v) is 8.38. The summed E-state index contributed by atoms with van der Waals surface area (Å²) in [4.78, 5) is 4.52. The fourth-order valence-electron chi connectivity index (χ4n) is 3.32. The molecule has 8 heteroatoms. The number of anilines is 1. The molecule has 1 N–H and O–H groups in total. The molecule has 3 aromatic carbocycles. The molecule has 0 saturated carbocycles. The zero-order chi connectivity index (χ0) is 21.3. The highest BCUT2D eigenvalue weighted by Crippen LogP contribution is 2.33. The summed E-state index contributed by atoms with van der Waals surface area (Å²) in [6, 6.07) is 18.0. The Hall–Kier alpha value is -3.52. The van der Waals surface area contributed by atoms with Gasteiger partial charge >= 0.3 is 0 Å². The van der Waals surface area contributed by atoms with Gasteiger partial charge in [-0.05, 0) is 55.0 Å². The molecule has 30 heavy (non-hydrogen) atoms. The van der Waals surface area contributed by atoms with E-state index in [1.807, 2.05) is 41.0 Å². The van der Waals surface area contributed by atoms with Crippen LogP contribution >= 0.6 is 0 Å². The molecule has 0 fully saturated rings. The van der Waals surface area contributed by atoms with Crippen LogP contribution in [0.2, 0.25) is 0 Å². The van der Waals surface area contributed by atoms with Crippen LogP contribution in [-0.2, 0) is 10.0 Å². The maximum Gasteiger partial charge on any atom is 0.262 e. The third kappa shape index (κ3) is 3.57. The average Bonchev–Trinajstić information content (AvgIpc) is 3.18. The van der Waals surface area contributed by atoms with Gasteiger partial charge in [0, 0.05) is 17.4 Å². The van der Waals surface area contributed by atoms with Crippen molar-refractivity contribution < 1.29 is 17.9 Å². The summed E-state index contributed by atoms with van der Waals surface area (Å²) in [5.74, 6) is 0.830. The lowest BCUT2D eigenvalue weighted by molar-refractivity contribution is 0.353. The predicted molar refractivity (Wildman–Crippen MR) is 116 cm³/mol. The van der Waals surface area contributed by atoms with Crippen LogP contribution in [0.4, 0.5) is 5.69 Å². The second kappa shape index (κ2) is 7.72. The number of fused-ring (bicyclic) bond motifs is 1. The van der Waals surface area contributed by atoms with Crippen LogP contribution in [0.5, 0.6) is 11.5 Å². The van der Waals surface area contributed by atoms with Crippen molar-refractivity contribution >= 4 is 26.7 Å². The van der Waals surface area contributed by atoms with Crippen LogP contribution in [0.1, 0.15) is 5.56 Å². The van der Waals surface area contributed by atoms with Gasteiger partial charge in [0.25, 0.3) is 10.0 Å². The van der Waals surface area contributed by atoms with Crippen LogP contribution in [0, 0.1) is 6.92 Å². The van der Waals surface area contributed by atoms with Crippen LogP contribution in [0.25, 0.3) is 16.7 Å². The Bertz CT molecular complexity index is 1310. The first kappa shape index (κ1) is 19.8. The maximum atomic E-state index is 13.0. The molecule has 0 radical (unpaired) electrons. The van der Waals surface area contributed by atoms with Crippen molar-refractivity contribution in [1.29, 1.82) is 0 Å². The molecular weight excluding hydrogens is 402 g/mol. The van der Waals surface area contributed by atoms with Gasteiger partial charge in [-0.2, -0.15) is 0 Å². The number of aryl methyl sites for hydroxylation is 1. The average molecular weight is 423 g/mol. The van der Waals surface area contributed by atoms with Crippen molar-refractivity contribution in [2.24, 2.45) is 0 Å². The summed E-state index contributed by atoms with van der Waals surface area (Å²) in [6.07, 6.45) is 1.75. The molecule has 0 atom stereocenters. The van der Waals surface area contributed by atoms with Gasteiger partial charge < -0.3 is 9.47 Å². The van der Waals surface area contributed by atoms with E-state index in [4.69, 9.17) is 9.47 Å². The molecule has 0 aliphatic carbocycles. The largest absolute Gasteiger partial charge is 0.493 e. The van der Waals surface area contributed by atoms with E-state index < -0.39 is 10.0 Å². The standard InChI is InChI=1S/C22H21N3O4S/c1-15-12-20(28-2)21(29-3)13-22(15)30(26,27)24-16-8-10-17(11-9-16)25-14-23-18-6-4-5-7-19(18)25/h4-14,24H,1-3H3. The van der Waals surface area contributed by atoms with Crippen molar-refractivity contribution in [3.63, 3.8) is 0 Å². The Kier molecular flexibility index (Phi) is 5.09. The van der Waals surface area contributed by atoms with Gasteiger partial charge in [0.1, 0.15) is 6.33 Å². The number of sulfonamides is 1. The number of benzene rings is 3. The fraction of sp³-hybridized carbons (Fsp3) is 0.136. The van der Waals surface area contributed by atoms with E-state index in [1.54, 1.807) is 31.5 Å². The Labute approximate surface area is 174 Å². The Morgan fingerprint density at radius 2 is 1.60 bits per heavy atom. The molecular formula is C22H21N3O4S. The zero-order valence-electron chi connectivity index (χ0n) is 16.8. The number of para-hydroxylation sites is 2. The molecule has 0 spiro atoms. The van der Waals surface area contributed by atoms with Gasteiger partial charge in [-0.1, -0.05) is 12.1 Å². The first-order valence-corrected chi connectivity index (χ1v) is 10.7. The van der Waals surface area contributed by atoms with Gasteiger partial charge in [0.15, 0.2) is 11.5 Å². The molecule has 154 valence electrons. The van der Waals surface area contributed by atoms with Crippen LogP contribution in [0.15, 0.2) is 71.9 Å². The number of methoxy groups -OCH3 is 2. The Balaban J connectivity index is 1.63. The molecule has 0 bridgehead atoms.